The summed E-state index contributed by atoms with van der Waals surface area (Å²) in [6.07, 6.45) is 1.56. The fourth-order valence-corrected chi connectivity index (χ4v) is 1.90. The molecular formula is C16H20N2O4. The SMILES string of the molecule is C=CCNC(=O)C(C)(C)C(=O)Nc1ccc2c(c1)OCCO2. The molecule has 1 aromatic carbocycles. The van der Waals surface area contributed by atoms with Crippen LogP contribution in [0.2, 0.25) is 0 Å². The van der Waals surface area contributed by atoms with Gasteiger partial charge in [-0.3, -0.25) is 9.59 Å². The Morgan fingerprint density at radius 3 is 2.59 bits per heavy atom. The van der Waals surface area contributed by atoms with E-state index in [0.717, 1.165) is 0 Å². The number of benzene rings is 1. The van der Waals surface area contributed by atoms with Crippen molar-refractivity contribution in [3.05, 3.63) is 30.9 Å². The molecule has 0 bridgehead atoms. The normalized spacial score (nSPS) is 13.2. The van der Waals surface area contributed by atoms with Gasteiger partial charge in [0.15, 0.2) is 11.5 Å². The molecule has 1 heterocycles. The van der Waals surface area contributed by atoms with Crippen LogP contribution in [0, 0.1) is 5.41 Å². The van der Waals surface area contributed by atoms with E-state index in [0.29, 0.717) is 36.9 Å². The van der Waals surface area contributed by atoms with Crippen molar-refractivity contribution in [1.29, 1.82) is 0 Å². The van der Waals surface area contributed by atoms with Gasteiger partial charge in [-0.25, -0.2) is 0 Å². The second-order valence-electron chi connectivity index (χ2n) is 5.44. The van der Waals surface area contributed by atoms with Crippen molar-refractivity contribution in [2.75, 3.05) is 25.1 Å². The topological polar surface area (TPSA) is 76.7 Å². The first-order valence-corrected chi connectivity index (χ1v) is 7.05. The molecule has 0 spiro atoms. The van der Waals surface area contributed by atoms with Crippen LogP contribution in [0.3, 0.4) is 0 Å². The van der Waals surface area contributed by atoms with E-state index in [9.17, 15) is 9.59 Å². The van der Waals surface area contributed by atoms with E-state index < -0.39 is 11.3 Å². The highest BCUT2D eigenvalue weighted by molar-refractivity contribution is 6.09. The second-order valence-corrected chi connectivity index (χ2v) is 5.44. The molecule has 2 rings (SSSR count). The Morgan fingerprint density at radius 2 is 1.91 bits per heavy atom. The van der Waals surface area contributed by atoms with Crippen molar-refractivity contribution in [2.45, 2.75) is 13.8 Å². The Kier molecular flexibility index (Phi) is 4.70. The first-order valence-electron chi connectivity index (χ1n) is 7.05. The third kappa shape index (κ3) is 3.39. The smallest absolute Gasteiger partial charge is 0.239 e. The van der Waals surface area contributed by atoms with Gasteiger partial charge in [0.2, 0.25) is 11.8 Å². The molecule has 1 aliphatic heterocycles. The lowest BCUT2D eigenvalue weighted by molar-refractivity contribution is -0.138. The predicted octanol–water partition coefficient (Wildman–Crippen LogP) is 1.72. The van der Waals surface area contributed by atoms with Crippen molar-refractivity contribution in [3.63, 3.8) is 0 Å². The summed E-state index contributed by atoms with van der Waals surface area (Å²) >= 11 is 0. The highest BCUT2D eigenvalue weighted by atomic mass is 16.6. The van der Waals surface area contributed by atoms with Gasteiger partial charge in [0.25, 0.3) is 0 Å². The summed E-state index contributed by atoms with van der Waals surface area (Å²) in [7, 11) is 0. The molecule has 6 nitrogen and oxygen atoms in total. The molecule has 0 saturated heterocycles. The summed E-state index contributed by atoms with van der Waals surface area (Å²) in [5, 5.41) is 5.36. The lowest BCUT2D eigenvalue weighted by Crippen LogP contribution is -2.45. The minimum atomic E-state index is -1.20. The molecule has 0 saturated carbocycles. The van der Waals surface area contributed by atoms with Crippen LogP contribution in [0.5, 0.6) is 11.5 Å². The van der Waals surface area contributed by atoms with Crippen LogP contribution in [0.4, 0.5) is 5.69 Å². The van der Waals surface area contributed by atoms with Crippen LogP contribution in [-0.2, 0) is 9.59 Å². The molecule has 1 aliphatic rings. The van der Waals surface area contributed by atoms with Crippen molar-refractivity contribution in [3.8, 4) is 11.5 Å². The minimum absolute atomic E-state index is 0.319. The van der Waals surface area contributed by atoms with Crippen molar-refractivity contribution in [2.24, 2.45) is 5.41 Å². The molecule has 0 aromatic heterocycles. The number of carbonyl (C=O) groups excluding carboxylic acids is 2. The molecule has 0 aliphatic carbocycles. The fraction of sp³-hybridized carbons (Fsp3) is 0.375. The third-order valence-corrected chi connectivity index (χ3v) is 3.34. The number of ether oxygens (including phenoxy) is 2. The Labute approximate surface area is 129 Å². The third-order valence-electron chi connectivity index (χ3n) is 3.34. The maximum absolute atomic E-state index is 12.3. The first-order chi connectivity index (χ1) is 10.4. The fourth-order valence-electron chi connectivity index (χ4n) is 1.90. The molecule has 2 amide bonds. The summed E-state index contributed by atoms with van der Waals surface area (Å²) in [6.45, 7) is 7.96. The number of hydrogen-bond donors (Lipinski definition) is 2. The van der Waals surface area contributed by atoms with E-state index in [4.69, 9.17) is 9.47 Å². The largest absolute Gasteiger partial charge is 0.486 e. The van der Waals surface area contributed by atoms with Gasteiger partial charge in [-0.15, -0.1) is 6.58 Å². The molecule has 0 radical (unpaired) electrons. The molecule has 0 fully saturated rings. The lowest BCUT2D eigenvalue weighted by Gasteiger charge is -2.23. The highest BCUT2D eigenvalue weighted by Crippen LogP contribution is 2.33. The van der Waals surface area contributed by atoms with E-state index in [-0.39, 0.29) is 5.91 Å². The second kappa shape index (κ2) is 6.51. The van der Waals surface area contributed by atoms with E-state index in [1.165, 1.54) is 0 Å². The number of anilines is 1. The van der Waals surface area contributed by atoms with Gasteiger partial charge in [0.1, 0.15) is 18.6 Å². The number of fused-ring (bicyclic) bond motifs is 1. The number of rotatable bonds is 5. The zero-order valence-electron chi connectivity index (χ0n) is 12.8. The van der Waals surface area contributed by atoms with Crippen LogP contribution >= 0.6 is 0 Å². The van der Waals surface area contributed by atoms with Gasteiger partial charge in [-0.1, -0.05) is 6.08 Å². The summed E-state index contributed by atoms with van der Waals surface area (Å²) in [5.41, 5.74) is -0.644. The first kappa shape index (κ1) is 15.9. The van der Waals surface area contributed by atoms with E-state index in [2.05, 4.69) is 17.2 Å². The maximum Gasteiger partial charge on any atom is 0.239 e. The predicted molar refractivity (Wildman–Crippen MR) is 83.0 cm³/mol. The standard InChI is InChI=1S/C16H20N2O4/c1-4-7-17-14(19)16(2,3)15(20)18-11-5-6-12-13(10-11)22-9-8-21-12/h4-6,10H,1,7-9H2,2-3H3,(H,17,19)(H,18,20). The van der Waals surface area contributed by atoms with Gasteiger partial charge in [-0.2, -0.15) is 0 Å². The average molecular weight is 304 g/mol. The zero-order valence-corrected chi connectivity index (χ0v) is 12.8. The maximum atomic E-state index is 12.3. The molecule has 22 heavy (non-hydrogen) atoms. The summed E-state index contributed by atoms with van der Waals surface area (Å²) in [5.74, 6) is 0.471. The van der Waals surface area contributed by atoms with Gasteiger partial charge in [0, 0.05) is 18.3 Å². The number of nitrogens with one attached hydrogen (secondary N) is 2. The quantitative estimate of drug-likeness (QED) is 0.641. The monoisotopic (exact) mass is 304 g/mol. The van der Waals surface area contributed by atoms with Gasteiger partial charge < -0.3 is 20.1 Å². The molecule has 0 unspecified atom stereocenters. The average Bonchev–Trinajstić information content (AvgIpc) is 2.52. The van der Waals surface area contributed by atoms with Crippen LogP contribution in [-0.4, -0.2) is 31.6 Å². The number of hydrogen-bond acceptors (Lipinski definition) is 4. The molecule has 6 heteroatoms. The minimum Gasteiger partial charge on any atom is -0.486 e. The Morgan fingerprint density at radius 1 is 1.23 bits per heavy atom. The van der Waals surface area contributed by atoms with Crippen molar-refractivity contribution in [1.82, 2.24) is 5.32 Å². The number of amides is 2. The summed E-state index contributed by atoms with van der Waals surface area (Å²) < 4.78 is 10.9. The van der Waals surface area contributed by atoms with Crippen LogP contribution in [0.15, 0.2) is 30.9 Å². The van der Waals surface area contributed by atoms with E-state index in [1.807, 2.05) is 0 Å². The molecule has 1 aromatic rings. The molecule has 2 N–H and O–H groups in total. The zero-order chi connectivity index (χ0) is 16.2. The lowest BCUT2D eigenvalue weighted by atomic mass is 9.91. The Bertz CT molecular complexity index is 596. The van der Waals surface area contributed by atoms with Crippen LogP contribution < -0.4 is 20.1 Å². The molecule has 118 valence electrons. The van der Waals surface area contributed by atoms with Gasteiger partial charge >= 0.3 is 0 Å². The van der Waals surface area contributed by atoms with Crippen LogP contribution in [0.1, 0.15) is 13.8 Å². The van der Waals surface area contributed by atoms with Crippen molar-refractivity contribution >= 4 is 17.5 Å². The summed E-state index contributed by atoms with van der Waals surface area (Å²) in [6, 6.07) is 5.13. The Balaban J connectivity index is 2.07. The van der Waals surface area contributed by atoms with E-state index in [1.54, 1.807) is 38.1 Å². The number of carbonyl (C=O) groups is 2. The van der Waals surface area contributed by atoms with Gasteiger partial charge in [0.05, 0.1) is 0 Å². The molecular weight excluding hydrogens is 284 g/mol. The highest BCUT2D eigenvalue weighted by Gasteiger charge is 2.35. The van der Waals surface area contributed by atoms with E-state index >= 15 is 0 Å². The van der Waals surface area contributed by atoms with Crippen LogP contribution in [0.25, 0.3) is 0 Å². The van der Waals surface area contributed by atoms with Gasteiger partial charge in [-0.05, 0) is 26.0 Å². The molecule has 0 atom stereocenters. The Hall–Kier alpha value is -2.50. The summed E-state index contributed by atoms with van der Waals surface area (Å²) in [4.78, 5) is 24.4. The van der Waals surface area contributed by atoms with Crippen molar-refractivity contribution < 1.29 is 19.1 Å².